The van der Waals surface area contributed by atoms with Crippen LogP contribution in [0.2, 0.25) is 5.02 Å². The van der Waals surface area contributed by atoms with E-state index in [-0.39, 0.29) is 18.4 Å². The van der Waals surface area contributed by atoms with E-state index in [1.165, 1.54) is 11.3 Å². The standard InChI is InChI=1S/C26H25ClN4OS/c1-17-13-21(27)10-11-23(17)25(19-7-4-3-5-8-19)31-24(32)14-22-16-33-26(30-22)29-15-20-9-6-12-28-18(20)2/h3-13,16,25H,14-15H2,1-2H3,(H,29,30)(H,31,32). The lowest BCUT2D eigenvalue weighted by Crippen LogP contribution is -2.31. The van der Waals surface area contributed by atoms with Gasteiger partial charge in [-0.25, -0.2) is 4.98 Å². The summed E-state index contributed by atoms with van der Waals surface area (Å²) < 4.78 is 0. The van der Waals surface area contributed by atoms with E-state index < -0.39 is 0 Å². The number of anilines is 1. The molecule has 2 aromatic carbocycles. The molecule has 0 aliphatic heterocycles. The molecule has 1 atom stereocenters. The molecule has 168 valence electrons. The van der Waals surface area contributed by atoms with Gasteiger partial charge in [-0.1, -0.05) is 54.1 Å². The Morgan fingerprint density at radius 2 is 1.91 bits per heavy atom. The third-order valence-corrected chi connectivity index (χ3v) is 6.50. The van der Waals surface area contributed by atoms with Crippen LogP contribution in [0.15, 0.2) is 72.2 Å². The number of aromatic nitrogens is 2. The van der Waals surface area contributed by atoms with Crippen molar-refractivity contribution in [3.63, 3.8) is 0 Å². The number of nitrogens with zero attached hydrogens (tertiary/aromatic N) is 2. The largest absolute Gasteiger partial charge is 0.357 e. The second-order valence-corrected chi connectivity index (χ2v) is 9.13. The Hall–Kier alpha value is -3.22. The SMILES string of the molecule is Cc1cc(Cl)ccc1C(NC(=O)Cc1csc(NCc2cccnc2C)n1)c1ccccc1. The molecule has 0 radical (unpaired) electrons. The molecule has 0 spiro atoms. The number of aryl methyl sites for hydroxylation is 2. The number of carbonyl (C=O) groups is 1. The average molecular weight is 477 g/mol. The summed E-state index contributed by atoms with van der Waals surface area (Å²) in [6.45, 7) is 4.64. The number of rotatable bonds is 8. The van der Waals surface area contributed by atoms with Crippen molar-refractivity contribution in [1.82, 2.24) is 15.3 Å². The highest BCUT2D eigenvalue weighted by atomic mass is 35.5. The fourth-order valence-electron chi connectivity index (χ4n) is 3.67. The monoisotopic (exact) mass is 476 g/mol. The first-order valence-corrected chi connectivity index (χ1v) is 11.9. The van der Waals surface area contributed by atoms with Crippen molar-refractivity contribution >= 4 is 34.0 Å². The summed E-state index contributed by atoms with van der Waals surface area (Å²) in [5.41, 5.74) is 5.92. The Bertz CT molecular complexity index is 1240. The Morgan fingerprint density at radius 1 is 1.09 bits per heavy atom. The molecule has 0 saturated heterocycles. The molecule has 0 aliphatic carbocycles. The number of benzene rings is 2. The maximum Gasteiger partial charge on any atom is 0.226 e. The maximum atomic E-state index is 13.0. The molecule has 1 unspecified atom stereocenters. The van der Waals surface area contributed by atoms with Crippen LogP contribution >= 0.6 is 22.9 Å². The van der Waals surface area contributed by atoms with Crippen molar-refractivity contribution in [3.05, 3.63) is 111 Å². The molecule has 5 nitrogen and oxygen atoms in total. The predicted octanol–water partition coefficient (Wildman–Crippen LogP) is 5.87. The van der Waals surface area contributed by atoms with Crippen LogP contribution in [0.25, 0.3) is 0 Å². The first kappa shape index (κ1) is 23.0. The van der Waals surface area contributed by atoms with E-state index in [9.17, 15) is 4.79 Å². The van der Waals surface area contributed by atoms with E-state index >= 15 is 0 Å². The molecule has 0 bridgehead atoms. The van der Waals surface area contributed by atoms with Crippen LogP contribution in [0.3, 0.4) is 0 Å². The molecule has 0 aliphatic rings. The highest BCUT2D eigenvalue weighted by molar-refractivity contribution is 7.13. The van der Waals surface area contributed by atoms with Crippen molar-refractivity contribution in [2.75, 3.05) is 5.32 Å². The number of hydrogen-bond donors (Lipinski definition) is 2. The number of carbonyl (C=O) groups excluding carboxylic acids is 1. The van der Waals surface area contributed by atoms with Gasteiger partial charge in [0.2, 0.25) is 5.91 Å². The first-order valence-electron chi connectivity index (χ1n) is 10.7. The van der Waals surface area contributed by atoms with Crippen molar-refractivity contribution in [2.24, 2.45) is 0 Å². The summed E-state index contributed by atoms with van der Waals surface area (Å²) >= 11 is 7.65. The summed E-state index contributed by atoms with van der Waals surface area (Å²) in [7, 11) is 0. The summed E-state index contributed by atoms with van der Waals surface area (Å²) in [6, 6.07) is 19.4. The molecular formula is C26H25ClN4OS. The van der Waals surface area contributed by atoms with Gasteiger partial charge in [0.05, 0.1) is 18.2 Å². The van der Waals surface area contributed by atoms with Gasteiger partial charge in [-0.3, -0.25) is 9.78 Å². The molecule has 2 aromatic heterocycles. The van der Waals surface area contributed by atoms with Crippen LogP contribution in [-0.4, -0.2) is 15.9 Å². The van der Waals surface area contributed by atoms with Crippen molar-refractivity contribution in [1.29, 1.82) is 0 Å². The molecule has 4 rings (SSSR count). The lowest BCUT2D eigenvalue weighted by atomic mass is 9.95. The highest BCUT2D eigenvalue weighted by Crippen LogP contribution is 2.27. The van der Waals surface area contributed by atoms with Gasteiger partial charge in [-0.15, -0.1) is 11.3 Å². The molecule has 2 heterocycles. The summed E-state index contributed by atoms with van der Waals surface area (Å²) in [4.78, 5) is 21.9. The molecule has 2 N–H and O–H groups in total. The second kappa shape index (κ2) is 10.6. The Labute approximate surface area is 202 Å². The fraction of sp³-hybridized carbons (Fsp3) is 0.192. The van der Waals surface area contributed by atoms with Crippen molar-refractivity contribution in [2.45, 2.75) is 32.9 Å². The number of hydrogen-bond acceptors (Lipinski definition) is 5. The van der Waals surface area contributed by atoms with E-state index in [0.29, 0.717) is 11.6 Å². The number of nitrogens with one attached hydrogen (secondary N) is 2. The predicted molar refractivity (Wildman–Crippen MR) is 135 cm³/mol. The summed E-state index contributed by atoms with van der Waals surface area (Å²) in [5.74, 6) is -0.0850. The van der Waals surface area contributed by atoms with Crippen LogP contribution in [0.4, 0.5) is 5.13 Å². The van der Waals surface area contributed by atoms with Gasteiger partial charge < -0.3 is 10.6 Å². The van der Waals surface area contributed by atoms with Crippen molar-refractivity contribution < 1.29 is 4.79 Å². The molecule has 7 heteroatoms. The van der Waals surface area contributed by atoms with Crippen molar-refractivity contribution in [3.8, 4) is 0 Å². The molecule has 0 fully saturated rings. The summed E-state index contributed by atoms with van der Waals surface area (Å²) in [5, 5.41) is 9.90. The van der Waals surface area contributed by atoms with E-state index in [0.717, 1.165) is 38.8 Å². The molecule has 0 saturated carbocycles. The molecular weight excluding hydrogens is 452 g/mol. The van der Waals surface area contributed by atoms with Gasteiger partial charge in [-0.05, 0) is 54.3 Å². The molecule has 4 aromatic rings. The first-order chi connectivity index (χ1) is 16.0. The minimum absolute atomic E-state index is 0.0850. The van der Waals surface area contributed by atoms with E-state index in [2.05, 4.69) is 20.6 Å². The van der Waals surface area contributed by atoms with Gasteiger partial charge in [-0.2, -0.15) is 0 Å². The van der Waals surface area contributed by atoms with Gasteiger partial charge in [0.15, 0.2) is 5.13 Å². The molecule has 1 amide bonds. The van der Waals surface area contributed by atoms with E-state index in [1.54, 1.807) is 6.20 Å². The second-order valence-electron chi connectivity index (χ2n) is 7.83. The Morgan fingerprint density at radius 3 is 2.67 bits per heavy atom. The zero-order valence-electron chi connectivity index (χ0n) is 18.5. The number of halogens is 1. The summed E-state index contributed by atoms with van der Waals surface area (Å²) in [6.07, 6.45) is 1.99. The Balaban J connectivity index is 1.44. The lowest BCUT2D eigenvalue weighted by Gasteiger charge is -2.22. The van der Waals surface area contributed by atoms with Gasteiger partial charge in [0.1, 0.15) is 0 Å². The Kier molecular flexibility index (Phi) is 7.37. The smallest absolute Gasteiger partial charge is 0.226 e. The van der Waals surface area contributed by atoms with Gasteiger partial charge in [0, 0.05) is 28.8 Å². The van der Waals surface area contributed by atoms with E-state index in [1.807, 2.05) is 79.9 Å². The number of thiazole rings is 1. The third kappa shape index (κ3) is 5.97. The zero-order chi connectivity index (χ0) is 23.2. The van der Waals surface area contributed by atoms with E-state index in [4.69, 9.17) is 11.6 Å². The van der Waals surface area contributed by atoms with Gasteiger partial charge >= 0.3 is 0 Å². The van der Waals surface area contributed by atoms with Crippen LogP contribution in [-0.2, 0) is 17.8 Å². The maximum absolute atomic E-state index is 13.0. The fourth-order valence-corrected chi connectivity index (χ4v) is 4.61. The zero-order valence-corrected chi connectivity index (χ0v) is 20.1. The molecule has 33 heavy (non-hydrogen) atoms. The number of amides is 1. The highest BCUT2D eigenvalue weighted by Gasteiger charge is 2.19. The third-order valence-electron chi connectivity index (χ3n) is 5.42. The number of pyridine rings is 1. The normalized spacial score (nSPS) is 11.7. The lowest BCUT2D eigenvalue weighted by molar-refractivity contribution is -0.121. The van der Waals surface area contributed by atoms with Crippen LogP contribution in [0.1, 0.15) is 39.7 Å². The van der Waals surface area contributed by atoms with Gasteiger partial charge in [0.25, 0.3) is 0 Å². The topological polar surface area (TPSA) is 66.9 Å². The van der Waals surface area contributed by atoms with Crippen LogP contribution in [0, 0.1) is 13.8 Å². The average Bonchev–Trinajstić information content (AvgIpc) is 3.25. The quantitative estimate of drug-likeness (QED) is 0.334. The minimum atomic E-state index is -0.263. The van der Waals surface area contributed by atoms with Crippen LogP contribution in [0.5, 0.6) is 0 Å². The van der Waals surface area contributed by atoms with Crippen LogP contribution < -0.4 is 10.6 Å². The minimum Gasteiger partial charge on any atom is -0.357 e.